The van der Waals surface area contributed by atoms with E-state index in [1.165, 1.54) is 12.1 Å². The van der Waals surface area contributed by atoms with Crippen molar-refractivity contribution in [3.63, 3.8) is 0 Å². The summed E-state index contributed by atoms with van der Waals surface area (Å²) in [4.78, 5) is 0. The number of fused-ring (bicyclic) bond motifs is 5. The molecule has 1 aromatic heterocycles. The summed E-state index contributed by atoms with van der Waals surface area (Å²) in [5.74, 6) is -0.863. The molecule has 2 aliphatic heterocycles. The van der Waals surface area contributed by atoms with Gasteiger partial charge in [-0.1, -0.05) is 0 Å². The molecule has 1 fully saturated rings. The van der Waals surface area contributed by atoms with Crippen molar-refractivity contribution in [2.24, 2.45) is 5.92 Å². The maximum atomic E-state index is 13.4. The monoisotopic (exact) mass is 408 g/mol. The Kier molecular flexibility index (Phi) is 3.99. The highest BCUT2D eigenvalue weighted by molar-refractivity contribution is 5.62. The van der Waals surface area contributed by atoms with Gasteiger partial charge in [-0.15, -0.1) is 0 Å². The standard InChI is InChI=1S/C20H19F3N2O4/c1-18-7-11(9-28-3)19(2,29-18)15-14(18)16(26)25(17(15)27)12-5-4-10(8-24)13(6-12)20(21,22)23/h4-6,11,26-27H,7,9H2,1-3H3/t11-,18?,19?/m1/s1. The van der Waals surface area contributed by atoms with E-state index in [1.54, 1.807) is 21.0 Å². The third kappa shape index (κ3) is 2.49. The first-order valence-corrected chi connectivity index (χ1v) is 8.96. The van der Waals surface area contributed by atoms with Crippen LogP contribution in [0.5, 0.6) is 11.8 Å². The first-order valence-electron chi connectivity index (χ1n) is 8.96. The second-order valence-electron chi connectivity index (χ2n) is 7.87. The van der Waals surface area contributed by atoms with E-state index < -0.39 is 28.5 Å². The summed E-state index contributed by atoms with van der Waals surface area (Å²) in [6.07, 6.45) is -4.23. The molecule has 0 spiro atoms. The fourth-order valence-electron chi connectivity index (χ4n) is 4.85. The van der Waals surface area contributed by atoms with Crippen molar-refractivity contribution < 1.29 is 32.9 Å². The molecule has 3 atom stereocenters. The van der Waals surface area contributed by atoms with E-state index in [0.717, 1.165) is 16.7 Å². The SMILES string of the molecule is COC[C@H]1CC2(C)OC1(C)c1c2c(O)n(-c2ccc(C#N)c(C(F)(F)F)c2)c1O. The lowest BCUT2D eigenvalue weighted by atomic mass is 9.73. The molecule has 2 aliphatic rings. The molecular weight excluding hydrogens is 389 g/mol. The Balaban J connectivity index is 1.93. The highest BCUT2D eigenvalue weighted by Crippen LogP contribution is 2.66. The molecule has 3 heterocycles. The molecule has 2 unspecified atom stereocenters. The molecule has 29 heavy (non-hydrogen) atoms. The van der Waals surface area contributed by atoms with Gasteiger partial charge in [0.2, 0.25) is 11.8 Å². The number of methoxy groups -OCH3 is 1. The average Bonchev–Trinajstić information content (AvgIpc) is 3.15. The molecule has 0 radical (unpaired) electrons. The van der Waals surface area contributed by atoms with Gasteiger partial charge < -0.3 is 19.7 Å². The summed E-state index contributed by atoms with van der Waals surface area (Å²) in [5.41, 5.74) is -2.92. The largest absolute Gasteiger partial charge is 0.494 e. The Morgan fingerprint density at radius 1 is 1.28 bits per heavy atom. The van der Waals surface area contributed by atoms with Crippen LogP contribution in [0.25, 0.3) is 5.69 Å². The van der Waals surface area contributed by atoms with Crippen molar-refractivity contribution in [1.29, 1.82) is 5.26 Å². The average molecular weight is 408 g/mol. The first-order chi connectivity index (χ1) is 13.5. The van der Waals surface area contributed by atoms with Crippen molar-refractivity contribution >= 4 is 0 Å². The van der Waals surface area contributed by atoms with Gasteiger partial charge in [-0.05, 0) is 38.5 Å². The van der Waals surface area contributed by atoms with Crippen molar-refractivity contribution in [3.8, 4) is 23.5 Å². The number of nitriles is 1. The minimum Gasteiger partial charge on any atom is -0.494 e. The van der Waals surface area contributed by atoms with Crippen LogP contribution in [0, 0.1) is 17.2 Å². The van der Waals surface area contributed by atoms with E-state index in [-0.39, 0.29) is 23.4 Å². The Morgan fingerprint density at radius 3 is 2.52 bits per heavy atom. The number of ether oxygens (including phenoxy) is 2. The normalized spacial score (nSPS) is 27.8. The van der Waals surface area contributed by atoms with E-state index >= 15 is 0 Å². The summed E-state index contributed by atoms with van der Waals surface area (Å²) in [6.45, 7) is 3.92. The number of rotatable bonds is 3. The Labute approximate surface area is 164 Å². The smallest absolute Gasteiger partial charge is 0.417 e. The van der Waals surface area contributed by atoms with E-state index in [2.05, 4.69) is 0 Å². The highest BCUT2D eigenvalue weighted by Gasteiger charge is 2.64. The van der Waals surface area contributed by atoms with Gasteiger partial charge in [0.1, 0.15) is 5.60 Å². The fourth-order valence-corrected chi connectivity index (χ4v) is 4.85. The zero-order valence-electron chi connectivity index (χ0n) is 16.0. The Morgan fingerprint density at radius 2 is 1.93 bits per heavy atom. The summed E-state index contributed by atoms with van der Waals surface area (Å²) in [7, 11) is 1.55. The van der Waals surface area contributed by atoms with Crippen LogP contribution in [-0.2, 0) is 26.9 Å². The lowest BCUT2D eigenvalue weighted by Crippen LogP contribution is -2.31. The number of alkyl halides is 3. The molecule has 0 saturated carbocycles. The molecule has 0 aliphatic carbocycles. The van der Waals surface area contributed by atoms with Gasteiger partial charge in [0, 0.05) is 13.0 Å². The van der Waals surface area contributed by atoms with Crippen molar-refractivity contribution in [1.82, 2.24) is 4.57 Å². The molecule has 4 rings (SSSR count). The minimum absolute atomic E-state index is 0.0992. The van der Waals surface area contributed by atoms with Crippen LogP contribution in [0.3, 0.4) is 0 Å². The van der Waals surface area contributed by atoms with Gasteiger partial charge in [0.15, 0.2) is 0 Å². The molecule has 6 nitrogen and oxygen atoms in total. The predicted molar refractivity (Wildman–Crippen MR) is 94.6 cm³/mol. The second kappa shape index (κ2) is 5.90. The number of nitrogens with zero attached hydrogens (tertiary/aromatic N) is 2. The van der Waals surface area contributed by atoms with Gasteiger partial charge >= 0.3 is 6.18 Å². The van der Waals surface area contributed by atoms with Gasteiger partial charge in [0.25, 0.3) is 0 Å². The van der Waals surface area contributed by atoms with Crippen molar-refractivity contribution in [3.05, 3.63) is 40.5 Å². The number of hydrogen-bond acceptors (Lipinski definition) is 5. The van der Waals surface area contributed by atoms with Gasteiger partial charge in [-0.25, -0.2) is 0 Å². The van der Waals surface area contributed by atoms with Crippen molar-refractivity contribution in [2.45, 2.75) is 37.6 Å². The lowest BCUT2D eigenvalue weighted by molar-refractivity contribution is -0.137. The molecular formula is C20H19F3N2O4. The van der Waals surface area contributed by atoms with Crippen LogP contribution in [-0.4, -0.2) is 28.5 Å². The maximum Gasteiger partial charge on any atom is 0.417 e. The Bertz CT molecular complexity index is 1060. The van der Waals surface area contributed by atoms with Crippen LogP contribution >= 0.6 is 0 Å². The highest BCUT2D eigenvalue weighted by atomic mass is 19.4. The summed E-state index contributed by atoms with van der Waals surface area (Å²) < 4.78 is 52.5. The van der Waals surface area contributed by atoms with Gasteiger partial charge in [0.05, 0.1) is 46.2 Å². The summed E-state index contributed by atoms with van der Waals surface area (Å²) in [6, 6.07) is 4.53. The van der Waals surface area contributed by atoms with E-state index in [9.17, 15) is 23.4 Å². The first kappa shape index (κ1) is 19.6. The van der Waals surface area contributed by atoms with Crippen LogP contribution < -0.4 is 0 Å². The third-order valence-electron chi connectivity index (χ3n) is 6.05. The summed E-state index contributed by atoms with van der Waals surface area (Å²) >= 11 is 0. The number of hydrogen-bond donors (Lipinski definition) is 2. The van der Waals surface area contributed by atoms with Crippen molar-refractivity contribution in [2.75, 3.05) is 13.7 Å². The number of halogens is 3. The second-order valence-corrected chi connectivity index (χ2v) is 7.87. The van der Waals surface area contributed by atoms with E-state index in [1.807, 2.05) is 0 Å². The molecule has 2 aromatic rings. The lowest BCUT2D eigenvalue weighted by Gasteiger charge is -2.29. The quantitative estimate of drug-likeness (QED) is 0.804. The number of aromatic hydroxyl groups is 2. The molecule has 2 bridgehead atoms. The zero-order valence-corrected chi connectivity index (χ0v) is 16.0. The number of benzene rings is 1. The molecule has 154 valence electrons. The van der Waals surface area contributed by atoms with E-state index in [4.69, 9.17) is 14.7 Å². The van der Waals surface area contributed by atoms with Crippen LogP contribution in [0.1, 0.15) is 42.5 Å². The minimum atomic E-state index is -4.76. The van der Waals surface area contributed by atoms with Crippen LogP contribution in [0.2, 0.25) is 0 Å². The van der Waals surface area contributed by atoms with Gasteiger partial charge in [-0.3, -0.25) is 4.57 Å². The third-order valence-corrected chi connectivity index (χ3v) is 6.05. The predicted octanol–water partition coefficient (Wildman–Crippen LogP) is 3.91. The topological polar surface area (TPSA) is 87.6 Å². The Hall–Kier alpha value is -2.70. The zero-order chi connectivity index (χ0) is 21.4. The van der Waals surface area contributed by atoms with Gasteiger partial charge in [-0.2, -0.15) is 18.4 Å². The number of aromatic nitrogens is 1. The van der Waals surface area contributed by atoms with Crippen LogP contribution in [0.4, 0.5) is 13.2 Å². The molecule has 1 saturated heterocycles. The molecule has 0 amide bonds. The molecule has 9 heteroatoms. The van der Waals surface area contributed by atoms with E-state index in [0.29, 0.717) is 24.2 Å². The molecule has 2 N–H and O–H groups in total. The molecule has 1 aromatic carbocycles. The fraction of sp³-hybridized carbons (Fsp3) is 0.450. The summed E-state index contributed by atoms with van der Waals surface area (Å²) in [5, 5.41) is 30.8. The van der Waals surface area contributed by atoms with Crippen LogP contribution in [0.15, 0.2) is 18.2 Å². The maximum absolute atomic E-state index is 13.4.